The third kappa shape index (κ3) is 5.39. The molecule has 0 amide bonds. The molecule has 0 atom stereocenters. The lowest BCUT2D eigenvalue weighted by atomic mass is 9.83. The van der Waals surface area contributed by atoms with Gasteiger partial charge in [0.15, 0.2) is 11.2 Å². The van der Waals surface area contributed by atoms with Gasteiger partial charge in [-0.1, -0.05) is 154 Å². The Morgan fingerprint density at radius 2 is 0.806 bits per heavy atom. The summed E-state index contributed by atoms with van der Waals surface area (Å²) in [4.78, 5) is 4.88. The molecule has 0 spiro atoms. The van der Waals surface area contributed by atoms with Gasteiger partial charge in [0, 0.05) is 49.1 Å². The normalized spacial score (nSPS) is 12.3. The molecule has 0 N–H and O–H groups in total. The molecule has 4 heteroatoms. The van der Waals surface area contributed by atoms with E-state index in [2.05, 4.69) is 208 Å². The van der Waals surface area contributed by atoms with Crippen molar-refractivity contribution >= 4 is 110 Å². The number of aryl methyl sites for hydroxylation is 2. The second-order valence-electron chi connectivity index (χ2n) is 17.8. The Morgan fingerprint density at radius 3 is 1.26 bits per heavy atom. The molecule has 4 nitrogen and oxygen atoms in total. The molecule has 0 aliphatic heterocycles. The van der Waals surface area contributed by atoms with Gasteiger partial charge in [-0.3, -0.25) is 0 Å². The maximum atomic E-state index is 6.90. The van der Waals surface area contributed by atoms with Gasteiger partial charge in [-0.15, -0.1) is 0 Å². The number of hydrogen-bond donors (Lipinski definition) is 0. The number of para-hydroxylation sites is 4. The summed E-state index contributed by atoms with van der Waals surface area (Å²) in [6.45, 7) is 11.3. The molecule has 0 saturated carbocycles. The van der Waals surface area contributed by atoms with Crippen molar-refractivity contribution in [1.29, 1.82) is 0 Å². The van der Waals surface area contributed by atoms with Crippen molar-refractivity contribution in [3.63, 3.8) is 0 Å². The molecule has 10 aromatic carbocycles. The zero-order chi connectivity index (χ0) is 41.9. The Bertz CT molecular complexity index is 3470. The van der Waals surface area contributed by atoms with Crippen LogP contribution in [0.3, 0.4) is 0 Å². The molecule has 12 rings (SSSR count). The summed E-state index contributed by atoms with van der Waals surface area (Å²) in [7, 11) is 0. The van der Waals surface area contributed by atoms with E-state index in [1.54, 1.807) is 0 Å². The van der Waals surface area contributed by atoms with Crippen LogP contribution in [0.5, 0.6) is 0 Å². The molecule has 0 radical (unpaired) electrons. The van der Waals surface area contributed by atoms with E-state index in [1.165, 1.54) is 27.1 Å². The van der Waals surface area contributed by atoms with Crippen molar-refractivity contribution < 1.29 is 8.83 Å². The molecule has 0 bridgehead atoms. The summed E-state index contributed by atoms with van der Waals surface area (Å²) in [5, 5.41) is 11.7. The summed E-state index contributed by atoms with van der Waals surface area (Å²) in [6.07, 6.45) is 0. The van der Waals surface area contributed by atoms with E-state index < -0.39 is 0 Å². The van der Waals surface area contributed by atoms with Crippen LogP contribution in [0.25, 0.3) is 76.2 Å². The maximum Gasteiger partial charge on any atom is 0.159 e. The first-order valence-electron chi connectivity index (χ1n) is 21.5. The van der Waals surface area contributed by atoms with Gasteiger partial charge < -0.3 is 18.6 Å². The molecule has 62 heavy (non-hydrogen) atoms. The predicted molar refractivity (Wildman–Crippen MR) is 262 cm³/mol. The van der Waals surface area contributed by atoms with Crippen molar-refractivity contribution in [1.82, 2.24) is 0 Å². The number of fused-ring (bicyclic) bond motifs is 6. The summed E-state index contributed by atoms with van der Waals surface area (Å²) in [6, 6.07) is 63.7. The fraction of sp³-hybridized carbons (Fsp3) is 0.103. The topological polar surface area (TPSA) is 32.8 Å². The first-order chi connectivity index (χ1) is 30.2. The summed E-state index contributed by atoms with van der Waals surface area (Å²) in [5.74, 6) is 0. The highest BCUT2D eigenvalue weighted by Gasteiger charge is 2.30. The quantitative estimate of drug-likeness (QED) is 0.157. The predicted octanol–water partition coefficient (Wildman–Crippen LogP) is 17.2. The van der Waals surface area contributed by atoms with Crippen LogP contribution in [0.15, 0.2) is 185 Å². The second-order valence-corrected chi connectivity index (χ2v) is 17.8. The Morgan fingerprint density at radius 1 is 0.387 bits per heavy atom. The third-order valence-corrected chi connectivity index (χ3v) is 12.9. The highest BCUT2D eigenvalue weighted by Crippen LogP contribution is 2.54. The van der Waals surface area contributed by atoms with E-state index in [1.807, 2.05) is 12.1 Å². The summed E-state index contributed by atoms with van der Waals surface area (Å²) >= 11 is 0. The fourth-order valence-electron chi connectivity index (χ4n) is 9.91. The van der Waals surface area contributed by atoms with Crippen molar-refractivity contribution in [3.8, 4) is 0 Å². The zero-order valence-corrected chi connectivity index (χ0v) is 35.5. The largest absolute Gasteiger partial charge is 0.454 e. The second kappa shape index (κ2) is 13.5. The molecule has 0 unspecified atom stereocenters. The number of hydrogen-bond acceptors (Lipinski definition) is 4. The van der Waals surface area contributed by atoms with E-state index in [0.717, 1.165) is 99.9 Å². The molecular formula is C58H44N2O2. The van der Waals surface area contributed by atoms with Crippen LogP contribution in [-0.2, 0) is 5.41 Å². The van der Waals surface area contributed by atoms with Crippen LogP contribution in [0, 0.1) is 13.8 Å². The number of nitrogens with zero attached hydrogens (tertiary/aromatic N) is 2. The minimum absolute atomic E-state index is 0.0133. The molecule has 0 saturated heterocycles. The highest BCUT2D eigenvalue weighted by molar-refractivity contribution is 6.30. The number of furan rings is 2. The molecular weight excluding hydrogens is 757 g/mol. The molecule has 2 heterocycles. The maximum absolute atomic E-state index is 6.90. The van der Waals surface area contributed by atoms with Crippen molar-refractivity contribution in [2.45, 2.75) is 40.0 Å². The van der Waals surface area contributed by atoms with Gasteiger partial charge in [-0.2, -0.15) is 0 Å². The van der Waals surface area contributed by atoms with Gasteiger partial charge in [0.05, 0.1) is 22.7 Å². The lowest BCUT2D eigenvalue weighted by Crippen LogP contribution is -2.16. The Hall–Kier alpha value is -7.56. The SMILES string of the molecule is Cc1ccc2c(oc3ccccc32)c1N(c1ccccc1)c1cc(N(c2ccccc2)c2c(C)ccc3c2oc2ccccc23)c2ccc3cc(C(C)(C)C)cc4ccc1c2c43. The number of anilines is 6. The summed E-state index contributed by atoms with van der Waals surface area (Å²) in [5.41, 5.74) is 13.2. The molecule has 2 aromatic heterocycles. The summed E-state index contributed by atoms with van der Waals surface area (Å²) < 4.78 is 13.8. The highest BCUT2D eigenvalue weighted by atomic mass is 16.3. The van der Waals surface area contributed by atoms with Crippen LogP contribution in [-0.4, -0.2) is 0 Å². The molecule has 298 valence electrons. The molecule has 0 aliphatic rings. The monoisotopic (exact) mass is 800 g/mol. The van der Waals surface area contributed by atoms with E-state index >= 15 is 0 Å². The Kier molecular flexibility index (Phi) is 7.89. The van der Waals surface area contributed by atoms with E-state index in [4.69, 9.17) is 8.83 Å². The molecule has 12 aromatic rings. The van der Waals surface area contributed by atoms with E-state index in [9.17, 15) is 0 Å². The van der Waals surface area contributed by atoms with Crippen LogP contribution in [0.2, 0.25) is 0 Å². The third-order valence-electron chi connectivity index (χ3n) is 12.9. The van der Waals surface area contributed by atoms with E-state index in [-0.39, 0.29) is 5.41 Å². The van der Waals surface area contributed by atoms with Gasteiger partial charge in [-0.05, 0) is 94.6 Å². The van der Waals surface area contributed by atoms with Crippen molar-refractivity contribution in [2.24, 2.45) is 0 Å². The lowest BCUT2D eigenvalue weighted by molar-refractivity contribution is 0.591. The Labute approximate surface area is 360 Å². The van der Waals surface area contributed by atoms with Crippen LogP contribution in [0.4, 0.5) is 34.1 Å². The smallest absolute Gasteiger partial charge is 0.159 e. The Balaban J connectivity index is 1.27. The lowest BCUT2D eigenvalue weighted by Gasteiger charge is -2.33. The average Bonchev–Trinajstić information content (AvgIpc) is 3.86. The minimum Gasteiger partial charge on any atom is -0.454 e. The van der Waals surface area contributed by atoms with Gasteiger partial charge in [0.1, 0.15) is 11.2 Å². The van der Waals surface area contributed by atoms with E-state index in [0.29, 0.717) is 0 Å². The number of benzene rings is 10. The average molecular weight is 801 g/mol. The van der Waals surface area contributed by atoms with Crippen LogP contribution < -0.4 is 9.80 Å². The van der Waals surface area contributed by atoms with Gasteiger partial charge in [-0.25, -0.2) is 0 Å². The van der Waals surface area contributed by atoms with Crippen LogP contribution >= 0.6 is 0 Å². The van der Waals surface area contributed by atoms with Crippen molar-refractivity contribution in [3.05, 3.63) is 193 Å². The molecule has 0 aliphatic carbocycles. The van der Waals surface area contributed by atoms with Crippen LogP contribution in [0.1, 0.15) is 37.5 Å². The van der Waals surface area contributed by atoms with Crippen molar-refractivity contribution in [2.75, 3.05) is 9.80 Å². The zero-order valence-electron chi connectivity index (χ0n) is 35.5. The van der Waals surface area contributed by atoms with Gasteiger partial charge >= 0.3 is 0 Å². The number of rotatable bonds is 6. The van der Waals surface area contributed by atoms with Gasteiger partial charge in [0.2, 0.25) is 0 Å². The standard InChI is InChI=1S/C58H44N2O2/c1-35-24-28-44-42-20-12-14-22-50(42)61-56(44)54(35)59(40-16-8-6-9-17-40)48-34-49(47-31-27-38-33-39(58(3,4)5)32-37-26-30-46(48)53(47)52(37)38)60(41-18-10-7-11-19-41)55-36(2)25-29-45-43-21-13-15-23-51(43)62-57(45)55/h6-34H,1-5H3. The fourth-order valence-corrected chi connectivity index (χ4v) is 9.91. The minimum atomic E-state index is -0.0133. The first-order valence-corrected chi connectivity index (χ1v) is 21.5. The van der Waals surface area contributed by atoms with Gasteiger partial charge in [0.25, 0.3) is 0 Å². The molecule has 0 fully saturated rings. The first kappa shape index (κ1) is 36.3.